The molecule has 1 heterocycles. The average molecular weight is 371 g/mol. The monoisotopic (exact) mass is 370 g/mol. The summed E-state index contributed by atoms with van der Waals surface area (Å²) < 4.78 is 10.3. The van der Waals surface area contributed by atoms with Gasteiger partial charge >= 0.3 is 5.97 Å². The van der Waals surface area contributed by atoms with Crippen LogP contribution in [0.25, 0.3) is 10.8 Å². The second-order valence-corrected chi connectivity index (χ2v) is 5.81. The number of benzene rings is 2. The number of ether oxygens (including phenoxy) is 2. The van der Waals surface area contributed by atoms with Gasteiger partial charge in [0.1, 0.15) is 5.75 Å². The molecule has 0 aliphatic carbocycles. The van der Waals surface area contributed by atoms with Gasteiger partial charge in [0.25, 0.3) is 5.91 Å². The Bertz CT molecular complexity index is 969. The van der Waals surface area contributed by atoms with Gasteiger partial charge in [-0.05, 0) is 30.3 Å². The molecule has 0 saturated carbocycles. The number of carbonyl (C=O) groups excluding carboxylic acids is 2. The molecule has 1 N–H and O–H groups in total. The van der Waals surface area contributed by atoms with Crippen molar-refractivity contribution in [2.75, 3.05) is 19.0 Å². The van der Waals surface area contributed by atoms with E-state index in [1.165, 1.54) is 19.2 Å². The normalized spacial score (nSPS) is 10.4. The molecule has 6 nitrogen and oxygen atoms in total. The summed E-state index contributed by atoms with van der Waals surface area (Å²) in [5.41, 5.74) is 0.474. The van der Waals surface area contributed by atoms with Gasteiger partial charge < -0.3 is 14.8 Å². The number of pyridine rings is 1. The molecule has 0 bridgehead atoms. The minimum absolute atomic E-state index is 0.210. The third kappa shape index (κ3) is 3.92. The lowest BCUT2D eigenvalue weighted by molar-refractivity contribution is -0.118. The van der Waals surface area contributed by atoms with Gasteiger partial charge in [0.15, 0.2) is 6.61 Å². The quantitative estimate of drug-likeness (QED) is 0.693. The number of rotatable bonds is 5. The minimum Gasteiger partial charge on any atom is -0.483 e. The number of nitrogens with zero attached hydrogens (tertiary/aromatic N) is 1. The second-order valence-electron chi connectivity index (χ2n) is 5.37. The summed E-state index contributed by atoms with van der Waals surface area (Å²) in [6.45, 7) is -0.228. The van der Waals surface area contributed by atoms with Gasteiger partial charge in [-0.25, -0.2) is 4.79 Å². The summed E-state index contributed by atoms with van der Waals surface area (Å²) in [7, 11) is 1.26. The van der Waals surface area contributed by atoms with Crippen LogP contribution in [0.1, 0.15) is 10.4 Å². The molecule has 26 heavy (non-hydrogen) atoms. The standard InChI is InChI=1S/C19H15ClN2O4/c1-25-19(24)15-6-5-13(20)9-16(15)22-18(23)11-26-17-4-2-3-12-10-21-8-7-14(12)17/h2-10H,11H2,1H3,(H,22,23). The van der Waals surface area contributed by atoms with Crippen molar-refractivity contribution in [3.8, 4) is 5.75 Å². The summed E-state index contributed by atoms with van der Waals surface area (Å²) >= 11 is 5.95. The van der Waals surface area contributed by atoms with Crippen molar-refractivity contribution in [3.05, 3.63) is 65.4 Å². The molecule has 2 aromatic carbocycles. The van der Waals surface area contributed by atoms with Gasteiger partial charge in [-0.15, -0.1) is 0 Å². The van der Waals surface area contributed by atoms with E-state index in [2.05, 4.69) is 10.3 Å². The molecular formula is C19H15ClN2O4. The van der Waals surface area contributed by atoms with Gasteiger partial charge in [-0.1, -0.05) is 23.7 Å². The number of carbonyl (C=O) groups is 2. The predicted octanol–water partition coefficient (Wildman–Crippen LogP) is 3.69. The summed E-state index contributed by atoms with van der Waals surface area (Å²) in [6, 6.07) is 11.8. The van der Waals surface area contributed by atoms with Gasteiger partial charge in [0.05, 0.1) is 18.4 Å². The fourth-order valence-corrected chi connectivity index (χ4v) is 2.63. The predicted molar refractivity (Wildman–Crippen MR) is 98.7 cm³/mol. The van der Waals surface area contributed by atoms with Crippen molar-refractivity contribution in [1.82, 2.24) is 4.98 Å². The zero-order valence-electron chi connectivity index (χ0n) is 13.9. The lowest BCUT2D eigenvalue weighted by Crippen LogP contribution is -2.22. The Morgan fingerprint density at radius 3 is 2.85 bits per heavy atom. The molecule has 132 valence electrons. The molecule has 0 unspecified atom stereocenters. The molecule has 1 aromatic heterocycles. The van der Waals surface area contributed by atoms with Crippen LogP contribution >= 0.6 is 11.6 Å². The number of esters is 1. The summed E-state index contributed by atoms with van der Waals surface area (Å²) in [5.74, 6) is -0.428. The van der Waals surface area contributed by atoms with Crippen molar-refractivity contribution < 1.29 is 19.1 Å². The maximum Gasteiger partial charge on any atom is 0.339 e. The Morgan fingerprint density at radius 2 is 2.04 bits per heavy atom. The fourth-order valence-electron chi connectivity index (χ4n) is 2.46. The number of methoxy groups -OCH3 is 1. The SMILES string of the molecule is COC(=O)c1ccc(Cl)cc1NC(=O)COc1cccc2cnccc12. The third-order valence-corrected chi connectivity index (χ3v) is 3.90. The topological polar surface area (TPSA) is 77.5 Å². The maximum atomic E-state index is 12.3. The Kier molecular flexibility index (Phi) is 5.34. The Morgan fingerprint density at radius 1 is 1.19 bits per heavy atom. The van der Waals surface area contributed by atoms with Crippen LogP contribution in [0.15, 0.2) is 54.9 Å². The lowest BCUT2D eigenvalue weighted by Gasteiger charge is -2.12. The second kappa shape index (κ2) is 7.84. The number of fused-ring (bicyclic) bond motifs is 1. The van der Waals surface area contributed by atoms with E-state index < -0.39 is 11.9 Å². The van der Waals surface area contributed by atoms with Crippen LogP contribution in [0.4, 0.5) is 5.69 Å². The van der Waals surface area contributed by atoms with Gasteiger partial charge in [-0.2, -0.15) is 0 Å². The van der Waals surface area contributed by atoms with Crippen molar-refractivity contribution in [2.45, 2.75) is 0 Å². The smallest absolute Gasteiger partial charge is 0.339 e. The molecule has 0 spiro atoms. The van der Waals surface area contributed by atoms with Crippen LogP contribution in [-0.4, -0.2) is 30.6 Å². The number of hydrogen-bond acceptors (Lipinski definition) is 5. The number of amides is 1. The Hall–Kier alpha value is -3.12. The Balaban J connectivity index is 1.73. The van der Waals surface area contributed by atoms with Crippen molar-refractivity contribution in [3.63, 3.8) is 0 Å². The molecule has 0 radical (unpaired) electrons. The van der Waals surface area contributed by atoms with E-state index in [-0.39, 0.29) is 17.9 Å². The van der Waals surface area contributed by atoms with E-state index in [4.69, 9.17) is 21.1 Å². The highest BCUT2D eigenvalue weighted by atomic mass is 35.5. The van der Waals surface area contributed by atoms with Gasteiger partial charge in [0, 0.05) is 28.2 Å². The number of aromatic nitrogens is 1. The van der Waals surface area contributed by atoms with E-state index in [0.29, 0.717) is 10.8 Å². The average Bonchev–Trinajstić information content (AvgIpc) is 2.66. The summed E-state index contributed by atoms with van der Waals surface area (Å²) in [5, 5.41) is 4.77. The highest BCUT2D eigenvalue weighted by Crippen LogP contribution is 2.25. The minimum atomic E-state index is -0.570. The zero-order chi connectivity index (χ0) is 18.5. The zero-order valence-corrected chi connectivity index (χ0v) is 14.6. The third-order valence-electron chi connectivity index (χ3n) is 3.66. The molecule has 7 heteroatoms. The largest absolute Gasteiger partial charge is 0.483 e. The van der Waals surface area contributed by atoms with Gasteiger partial charge in [-0.3, -0.25) is 9.78 Å². The number of hydrogen-bond donors (Lipinski definition) is 1. The molecule has 1 amide bonds. The number of nitrogens with one attached hydrogen (secondary N) is 1. The number of halogens is 1. The first kappa shape index (κ1) is 17.7. The van der Waals surface area contributed by atoms with Gasteiger partial charge in [0.2, 0.25) is 0 Å². The fraction of sp³-hybridized carbons (Fsp3) is 0.105. The van der Waals surface area contributed by atoms with Crippen LogP contribution in [-0.2, 0) is 9.53 Å². The number of anilines is 1. The van der Waals surface area contributed by atoms with Crippen molar-refractivity contribution >= 4 is 39.9 Å². The van der Waals surface area contributed by atoms with Crippen molar-refractivity contribution in [1.29, 1.82) is 0 Å². The summed E-state index contributed by atoms with van der Waals surface area (Å²) in [6.07, 6.45) is 3.38. The molecule has 3 rings (SSSR count). The van der Waals surface area contributed by atoms with E-state index >= 15 is 0 Å². The van der Waals surface area contributed by atoms with Crippen molar-refractivity contribution in [2.24, 2.45) is 0 Å². The molecule has 0 atom stereocenters. The van der Waals surface area contributed by atoms with E-state index in [1.807, 2.05) is 18.2 Å². The van der Waals surface area contributed by atoms with Crippen LogP contribution in [0.3, 0.4) is 0 Å². The van der Waals surface area contributed by atoms with Crippen LogP contribution < -0.4 is 10.1 Å². The van der Waals surface area contributed by atoms with E-state index in [0.717, 1.165) is 10.8 Å². The van der Waals surface area contributed by atoms with Crippen LogP contribution in [0.2, 0.25) is 5.02 Å². The van der Waals surface area contributed by atoms with Crippen LogP contribution in [0.5, 0.6) is 5.75 Å². The van der Waals surface area contributed by atoms with E-state index in [9.17, 15) is 9.59 Å². The first-order valence-corrected chi connectivity index (χ1v) is 8.09. The molecular weight excluding hydrogens is 356 g/mol. The Labute approximate surface area is 154 Å². The highest BCUT2D eigenvalue weighted by molar-refractivity contribution is 6.31. The lowest BCUT2D eigenvalue weighted by atomic mass is 10.1. The molecule has 0 fully saturated rings. The summed E-state index contributed by atoms with van der Waals surface area (Å²) in [4.78, 5) is 28.1. The van der Waals surface area contributed by atoms with Crippen LogP contribution in [0, 0.1) is 0 Å². The highest BCUT2D eigenvalue weighted by Gasteiger charge is 2.15. The first-order valence-electron chi connectivity index (χ1n) is 7.72. The molecule has 0 aliphatic rings. The molecule has 0 aliphatic heterocycles. The molecule has 0 saturated heterocycles. The first-order chi connectivity index (χ1) is 12.6. The maximum absolute atomic E-state index is 12.3. The molecule has 3 aromatic rings. The van der Waals surface area contributed by atoms with E-state index in [1.54, 1.807) is 24.5 Å².